The number of carbonyl (C=O) groups excluding carboxylic acids is 2. The van der Waals surface area contributed by atoms with E-state index in [1.54, 1.807) is 4.90 Å². The van der Waals surface area contributed by atoms with Gasteiger partial charge in [0.2, 0.25) is 11.8 Å². The maximum Gasteiger partial charge on any atom is 0.246 e. The molecule has 4 nitrogen and oxygen atoms in total. The van der Waals surface area contributed by atoms with Crippen molar-refractivity contribution in [2.75, 3.05) is 6.54 Å². The van der Waals surface area contributed by atoms with Gasteiger partial charge < -0.3 is 10.2 Å². The summed E-state index contributed by atoms with van der Waals surface area (Å²) in [5, 5.41) is 2.99. The van der Waals surface area contributed by atoms with Gasteiger partial charge in [0, 0.05) is 17.6 Å². The van der Waals surface area contributed by atoms with Crippen molar-refractivity contribution in [1.82, 2.24) is 10.2 Å². The highest BCUT2D eigenvalue weighted by Crippen LogP contribution is 2.31. The maximum absolute atomic E-state index is 12.8. The summed E-state index contributed by atoms with van der Waals surface area (Å²) >= 11 is 3.50. The lowest BCUT2D eigenvalue weighted by Crippen LogP contribution is -2.67. The van der Waals surface area contributed by atoms with Gasteiger partial charge in [0.1, 0.15) is 5.54 Å². The standard InChI is InChI=1S/C23H27BrN2O2/c1-16(2)18-10-8-17(9-11-18)14-21(27)26-13-12-23(26,3)22(28)25-15-19-6-4-5-7-20(19)24/h4-11,16H,12-15H2,1-3H3,(H,25,28). The molecular weight excluding hydrogens is 416 g/mol. The van der Waals surface area contributed by atoms with E-state index in [0.29, 0.717) is 31.8 Å². The van der Waals surface area contributed by atoms with Crippen LogP contribution in [-0.4, -0.2) is 28.8 Å². The van der Waals surface area contributed by atoms with Crippen LogP contribution >= 0.6 is 15.9 Å². The number of halogens is 1. The molecule has 2 aromatic rings. The number of hydrogen-bond donors (Lipinski definition) is 1. The van der Waals surface area contributed by atoms with Gasteiger partial charge in [-0.25, -0.2) is 0 Å². The summed E-state index contributed by atoms with van der Waals surface area (Å²) in [6.45, 7) is 7.22. The number of benzene rings is 2. The Labute approximate surface area is 175 Å². The number of rotatable bonds is 6. The van der Waals surface area contributed by atoms with Gasteiger partial charge in [-0.1, -0.05) is 72.2 Å². The third kappa shape index (κ3) is 4.30. The van der Waals surface area contributed by atoms with Crippen LogP contribution in [0.5, 0.6) is 0 Å². The van der Waals surface area contributed by atoms with Crippen molar-refractivity contribution in [2.45, 2.75) is 51.6 Å². The zero-order chi connectivity index (χ0) is 20.3. The van der Waals surface area contributed by atoms with E-state index in [2.05, 4.69) is 47.2 Å². The van der Waals surface area contributed by atoms with Crippen molar-refractivity contribution in [2.24, 2.45) is 0 Å². The first kappa shape index (κ1) is 20.6. The van der Waals surface area contributed by atoms with Crippen LogP contribution in [0.3, 0.4) is 0 Å². The molecule has 1 N–H and O–H groups in total. The SMILES string of the molecule is CC(C)c1ccc(CC(=O)N2CCC2(C)C(=O)NCc2ccccc2Br)cc1. The summed E-state index contributed by atoms with van der Waals surface area (Å²) in [5.41, 5.74) is 2.49. The van der Waals surface area contributed by atoms with Gasteiger partial charge in [0.15, 0.2) is 0 Å². The number of amides is 2. The highest BCUT2D eigenvalue weighted by Gasteiger charge is 2.49. The second-order valence-electron chi connectivity index (χ2n) is 7.92. The number of hydrogen-bond acceptors (Lipinski definition) is 2. The van der Waals surface area contributed by atoms with Crippen molar-refractivity contribution < 1.29 is 9.59 Å². The second-order valence-corrected chi connectivity index (χ2v) is 8.77. The molecule has 1 fully saturated rings. The Bertz CT molecular complexity index is 863. The van der Waals surface area contributed by atoms with Crippen LogP contribution in [0, 0.1) is 0 Å². The summed E-state index contributed by atoms with van der Waals surface area (Å²) in [5.74, 6) is 0.372. The minimum absolute atomic E-state index is 0.00193. The molecule has 148 valence electrons. The summed E-state index contributed by atoms with van der Waals surface area (Å²) < 4.78 is 0.965. The van der Waals surface area contributed by atoms with Gasteiger partial charge in [-0.15, -0.1) is 0 Å². The Morgan fingerprint density at radius 1 is 1.14 bits per heavy atom. The highest BCUT2D eigenvalue weighted by atomic mass is 79.9. The van der Waals surface area contributed by atoms with Gasteiger partial charge in [-0.2, -0.15) is 0 Å². The lowest BCUT2D eigenvalue weighted by molar-refractivity contribution is -0.157. The van der Waals surface area contributed by atoms with Crippen LogP contribution in [0.25, 0.3) is 0 Å². The quantitative estimate of drug-likeness (QED) is 0.719. The van der Waals surface area contributed by atoms with Crippen LogP contribution in [0.2, 0.25) is 0 Å². The summed E-state index contributed by atoms with van der Waals surface area (Å²) in [4.78, 5) is 27.3. The van der Waals surface area contributed by atoms with E-state index in [1.807, 2.05) is 43.3 Å². The maximum atomic E-state index is 12.8. The van der Waals surface area contributed by atoms with Gasteiger partial charge in [0.05, 0.1) is 6.42 Å². The number of carbonyl (C=O) groups is 2. The van der Waals surface area contributed by atoms with Crippen molar-refractivity contribution in [3.63, 3.8) is 0 Å². The van der Waals surface area contributed by atoms with E-state index in [1.165, 1.54) is 5.56 Å². The predicted molar refractivity (Wildman–Crippen MR) is 115 cm³/mol. The van der Waals surface area contributed by atoms with Gasteiger partial charge in [-0.3, -0.25) is 9.59 Å². The molecular formula is C23H27BrN2O2. The summed E-state index contributed by atoms with van der Waals surface area (Å²) in [6, 6.07) is 16.0. The molecule has 0 spiro atoms. The van der Waals surface area contributed by atoms with Crippen LogP contribution < -0.4 is 5.32 Å². The lowest BCUT2D eigenvalue weighted by atomic mass is 9.84. The molecule has 2 aromatic carbocycles. The molecule has 1 aliphatic rings. The normalized spacial score (nSPS) is 18.7. The molecule has 1 saturated heterocycles. The van der Waals surface area contributed by atoms with E-state index < -0.39 is 5.54 Å². The number of likely N-dealkylation sites (tertiary alicyclic amines) is 1. The van der Waals surface area contributed by atoms with Crippen molar-refractivity contribution in [3.8, 4) is 0 Å². The molecule has 5 heteroatoms. The van der Waals surface area contributed by atoms with Crippen LogP contribution in [0.1, 0.15) is 49.8 Å². The Balaban J connectivity index is 1.60. The van der Waals surface area contributed by atoms with E-state index in [-0.39, 0.29) is 11.8 Å². The van der Waals surface area contributed by atoms with E-state index in [9.17, 15) is 9.59 Å². The van der Waals surface area contributed by atoms with Crippen molar-refractivity contribution >= 4 is 27.7 Å². The van der Waals surface area contributed by atoms with Crippen molar-refractivity contribution in [1.29, 1.82) is 0 Å². The molecule has 2 amide bonds. The van der Waals surface area contributed by atoms with Gasteiger partial charge in [0.25, 0.3) is 0 Å². The minimum atomic E-state index is -0.768. The zero-order valence-electron chi connectivity index (χ0n) is 16.7. The van der Waals surface area contributed by atoms with Crippen LogP contribution in [0.4, 0.5) is 0 Å². The molecule has 0 aromatic heterocycles. The van der Waals surface area contributed by atoms with E-state index in [4.69, 9.17) is 0 Å². The number of nitrogens with zero attached hydrogens (tertiary/aromatic N) is 1. The average molecular weight is 443 g/mol. The highest BCUT2D eigenvalue weighted by molar-refractivity contribution is 9.10. The first-order valence-electron chi connectivity index (χ1n) is 9.72. The number of nitrogens with one attached hydrogen (secondary N) is 1. The summed E-state index contributed by atoms with van der Waals surface area (Å²) in [6.07, 6.45) is 1.01. The summed E-state index contributed by atoms with van der Waals surface area (Å²) in [7, 11) is 0. The Kier molecular flexibility index (Phi) is 6.23. The van der Waals surface area contributed by atoms with Crippen LogP contribution in [0.15, 0.2) is 53.0 Å². The molecule has 0 radical (unpaired) electrons. The predicted octanol–water partition coefficient (Wildman–Crippen LogP) is 4.42. The fourth-order valence-corrected chi connectivity index (χ4v) is 3.92. The molecule has 28 heavy (non-hydrogen) atoms. The third-order valence-corrected chi connectivity index (χ3v) is 6.38. The van der Waals surface area contributed by atoms with E-state index >= 15 is 0 Å². The third-order valence-electron chi connectivity index (χ3n) is 5.61. The Hall–Kier alpha value is -2.14. The molecule has 1 heterocycles. The molecule has 0 saturated carbocycles. The second kappa shape index (κ2) is 8.48. The first-order chi connectivity index (χ1) is 13.3. The average Bonchev–Trinajstić information content (AvgIpc) is 2.66. The topological polar surface area (TPSA) is 49.4 Å². The fraction of sp³-hybridized carbons (Fsp3) is 0.391. The Morgan fingerprint density at radius 2 is 1.82 bits per heavy atom. The minimum Gasteiger partial charge on any atom is -0.350 e. The largest absolute Gasteiger partial charge is 0.350 e. The van der Waals surface area contributed by atoms with Gasteiger partial charge in [-0.05, 0) is 42.0 Å². The molecule has 1 unspecified atom stereocenters. The van der Waals surface area contributed by atoms with Crippen LogP contribution in [-0.2, 0) is 22.6 Å². The molecule has 0 aliphatic carbocycles. The lowest BCUT2D eigenvalue weighted by Gasteiger charge is -2.49. The molecule has 1 aliphatic heterocycles. The smallest absolute Gasteiger partial charge is 0.246 e. The van der Waals surface area contributed by atoms with Gasteiger partial charge >= 0.3 is 0 Å². The molecule has 1 atom stereocenters. The Morgan fingerprint density at radius 3 is 2.39 bits per heavy atom. The zero-order valence-corrected chi connectivity index (χ0v) is 18.3. The first-order valence-corrected chi connectivity index (χ1v) is 10.5. The van der Waals surface area contributed by atoms with Crippen molar-refractivity contribution in [3.05, 3.63) is 69.7 Å². The molecule has 0 bridgehead atoms. The monoisotopic (exact) mass is 442 g/mol. The molecule has 3 rings (SSSR count). The fourth-order valence-electron chi connectivity index (χ4n) is 3.49. The van der Waals surface area contributed by atoms with E-state index in [0.717, 1.165) is 15.6 Å².